The third kappa shape index (κ3) is 2.74. The summed E-state index contributed by atoms with van der Waals surface area (Å²) >= 11 is -2.09. The van der Waals surface area contributed by atoms with Crippen LogP contribution in [0.5, 0.6) is 0 Å². The Morgan fingerprint density at radius 1 is 1.50 bits per heavy atom. The molecule has 1 unspecified atom stereocenters. The maximum Gasteiger partial charge on any atom is 0.302 e. The lowest BCUT2D eigenvalue weighted by molar-refractivity contribution is 0.166. The van der Waals surface area contributed by atoms with Crippen LogP contribution in [-0.2, 0) is 15.5 Å². The molecular formula is C5H11NO3S. The van der Waals surface area contributed by atoms with E-state index >= 15 is 0 Å². The van der Waals surface area contributed by atoms with E-state index in [2.05, 4.69) is 9.50 Å². The summed E-state index contributed by atoms with van der Waals surface area (Å²) in [4.78, 5) is 0. The molecule has 1 fully saturated rings. The average Bonchev–Trinajstić information content (AvgIpc) is 1.88. The highest BCUT2D eigenvalue weighted by atomic mass is 32.2. The largest absolute Gasteiger partial charge is 0.317 e. The van der Waals surface area contributed by atoms with Crippen molar-refractivity contribution in [1.29, 1.82) is 0 Å². The Kier molecular flexibility index (Phi) is 3.27. The second kappa shape index (κ2) is 4.02. The van der Waals surface area contributed by atoms with Crippen LogP contribution in [0.2, 0.25) is 0 Å². The molecule has 1 rings (SSSR count). The molecule has 5 heteroatoms. The number of hydrogen-bond donors (Lipinski definition) is 2. The molecule has 0 amide bonds. The predicted molar refractivity (Wildman–Crippen MR) is 37.7 cm³/mol. The van der Waals surface area contributed by atoms with Crippen molar-refractivity contribution in [3.63, 3.8) is 0 Å². The highest BCUT2D eigenvalue weighted by molar-refractivity contribution is 7.74. The van der Waals surface area contributed by atoms with Crippen molar-refractivity contribution in [2.75, 3.05) is 13.1 Å². The Bertz CT molecular complexity index is 124. The predicted octanol–water partition coefficient (Wildman–Crippen LogP) is -0.108. The molecule has 0 saturated carbocycles. The topological polar surface area (TPSA) is 58.6 Å². The summed E-state index contributed by atoms with van der Waals surface area (Å²) in [6, 6.07) is 0. The van der Waals surface area contributed by atoms with E-state index in [1.807, 2.05) is 0 Å². The molecule has 1 atom stereocenters. The van der Waals surface area contributed by atoms with Gasteiger partial charge < -0.3 is 5.32 Å². The lowest BCUT2D eigenvalue weighted by atomic mass is 10.1. The van der Waals surface area contributed by atoms with E-state index in [9.17, 15) is 4.21 Å². The molecule has 0 aromatic rings. The third-order valence-corrected chi connectivity index (χ3v) is 1.94. The van der Waals surface area contributed by atoms with E-state index in [1.165, 1.54) is 0 Å². The fraction of sp³-hybridized carbons (Fsp3) is 1.00. The van der Waals surface area contributed by atoms with Crippen molar-refractivity contribution in [3.8, 4) is 0 Å². The molecule has 0 aromatic heterocycles. The van der Waals surface area contributed by atoms with Crippen LogP contribution in [0.15, 0.2) is 0 Å². The maximum absolute atomic E-state index is 10.1. The quantitative estimate of drug-likeness (QED) is 0.561. The first kappa shape index (κ1) is 8.13. The van der Waals surface area contributed by atoms with Crippen molar-refractivity contribution >= 4 is 11.4 Å². The number of rotatable bonds is 2. The molecule has 1 aliphatic rings. The molecule has 0 bridgehead atoms. The van der Waals surface area contributed by atoms with Crippen LogP contribution in [0, 0.1) is 0 Å². The fourth-order valence-electron chi connectivity index (χ4n) is 1.01. The normalized spacial score (nSPS) is 24.5. The summed E-state index contributed by atoms with van der Waals surface area (Å²) in [5.41, 5.74) is 0. The van der Waals surface area contributed by atoms with Gasteiger partial charge in [-0.05, 0) is 25.9 Å². The number of hydrogen-bond acceptors (Lipinski definition) is 3. The first-order valence-corrected chi connectivity index (χ1v) is 4.31. The Balaban J connectivity index is 2.19. The van der Waals surface area contributed by atoms with E-state index in [-0.39, 0.29) is 6.10 Å². The van der Waals surface area contributed by atoms with Crippen molar-refractivity contribution in [1.82, 2.24) is 5.32 Å². The smallest absolute Gasteiger partial charge is 0.302 e. The molecule has 0 spiro atoms. The number of piperidine rings is 1. The van der Waals surface area contributed by atoms with Gasteiger partial charge in [0.05, 0.1) is 6.10 Å². The van der Waals surface area contributed by atoms with Gasteiger partial charge in [0.25, 0.3) is 0 Å². The molecule has 1 aliphatic heterocycles. The highest BCUT2D eigenvalue weighted by Gasteiger charge is 2.15. The highest BCUT2D eigenvalue weighted by Crippen LogP contribution is 2.07. The van der Waals surface area contributed by atoms with Gasteiger partial charge >= 0.3 is 11.4 Å². The first-order valence-electron chi connectivity index (χ1n) is 3.28. The van der Waals surface area contributed by atoms with Gasteiger partial charge in [-0.1, -0.05) is 0 Å². The van der Waals surface area contributed by atoms with Crippen molar-refractivity contribution < 1.29 is 12.9 Å². The van der Waals surface area contributed by atoms with Gasteiger partial charge in [0.15, 0.2) is 0 Å². The van der Waals surface area contributed by atoms with Crippen molar-refractivity contribution in [2.24, 2.45) is 0 Å². The van der Waals surface area contributed by atoms with E-state index in [4.69, 9.17) is 4.55 Å². The average molecular weight is 165 g/mol. The van der Waals surface area contributed by atoms with Gasteiger partial charge in [-0.2, -0.15) is 4.21 Å². The maximum atomic E-state index is 10.1. The Morgan fingerprint density at radius 3 is 2.60 bits per heavy atom. The SMILES string of the molecule is O=S(O)OC1CCNCC1. The van der Waals surface area contributed by atoms with Gasteiger partial charge in [-0.3, -0.25) is 8.74 Å². The fourth-order valence-corrected chi connectivity index (χ4v) is 1.43. The van der Waals surface area contributed by atoms with Gasteiger partial charge in [-0.25, -0.2) is 0 Å². The third-order valence-electron chi connectivity index (χ3n) is 1.50. The minimum absolute atomic E-state index is 0.0351. The van der Waals surface area contributed by atoms with E-state index in [1.54, 1.807) is 0 Å². The summed E-state index contributed by atoms with van der Waals surface area (Å²) in [5, 5.41) is 3.13. The molecule has 0 radical (unpaired) electrons. The van der Waals surface area contributed by atoms with Crippen molar-refractivity contribution in [2.45, 2.75) is 18.9 Å². The monoisotopic (exact) mass is 165 g/mol. The van der Waals surface area contributed by atoms with Gasteiger partial charge in [0.1, 0.15) is 0 Å². The second-order valence-corrected chi connectivity index (χ2v) is 2.89. The molecule has 4 nitrogen and oxygen atoms in total. The van der Waals surface area contributed by atoms with Gasteiger partial charge in [0, 0.05) is 0 Å². The summed E-state index contributed by atoms with van der Waals surface area (Å²) in [7, 11) is 0. The van der Waals surface area contributed by atoms with Crippen LogP contribution < -0.4 is 5.32 Å². The first-order chi connectivity index (χ1) is 4.79. The minimum Gasteiger partial charge on any atom is -0.317 e. The molecular weight excluding hydrogens is 154 g/mol. The Morgan fingerprint density at radius 2 is 2.10 bits per heavy atom. The van der Waals surface area contributed by atoms with Crippen molar-refractivity contribution in [3.05, 3.63) is 0 Å². The van der Waals surface area contributed by atoms with Crippen LogP contribution in [0.4, 0.5) is 0 Å². The molecule has 0 aliphatic carbocycles. The Hall–Kier alpha value is 0.0300. The zero-order valence-electron chi connectivity index (χ0n) is 5.58. The van der Waals surface area contributed by atoms with E-state index in [0.29, 0.717) is 0 Å². The molecule has 60 valence electrons. The summed E-state index contributed by atoms with van der Waals surface area (Å²) in [6.45, 7) is 1.75. The van der Waals surface area contributed by atoms with E-state index in [0.717, 1.165) is 25.9 Å². The standard InChI is InChI=1S/C5H11NO3S/c7-10(8)9-5-1-3-6-4-2-5/h5-6H,1-4H2,(H,7,8). The van der Waals surface area contributed by atoms with Gasteiger partial charge in [0.2, 0.25) is 0 Å². The summed E-state index contributed by atoms with van der Waals surface area (Å²) in [6.07, 6.45) is 1.62. The minimum atomic E-state index is -2.09. The molecule has 0 aromatic carbocycles. The number of nitrogens with one attached hydrogen (secondary N) is 1. The van der Waals surface area contributed by atoms with E-state index < -0.39 is 11.4 Å². The summed E-state index contributed by atoms with van der Waals surface area (Å²) < 4.78 is 23.1. The molecule has 1 saturated heterocycles. The van der Waals surface area contributed by atoms with Crippen LogP contribution in [0.3, 0.4) is 0 Å². The lowest BCUT2D eigenvalue weighted by Gasteiger charge is -2.20. The zero-order valence-corrected chi connectivity index (χ0v) is 6.39. The molecule has 2 N–H and O–H groups in total. The van der Waals surface area contributed by atoms with Crippen LogP contribution >= 0.6 is 0 Å². The molecule has 10 heavy (non-hydrogen) atoms. The van der Waals surface area contributed by atoms with Gasteiger partial charge in [-0.15, -0.1) is 0 Å². The zero-order chi connectivity index (χ0) is 7.40. The lowest BCUT2D eigenvalue weighted by Crippen LogP contribution is -2.32. The summed E-state index contributed by atoms with van der Waals surface area (Å²) in [5.74, 6) is 0. The van der Waals surface area contributed by atoms with Crippen LogP contribution in [0.25, 0.3) is 0 Å². The Labute approximate surface area is 62.4 Å². The van der Waals surface area contributed by atoms with Crippen LogP contribution in [0.1, 0.15) is 12.8 Å². The second-order valence-electron chi connectivity index (χ2n) is 2.26. The van der Waals surface area contributed by atoms with Crippen LogP contribution in [-0.4, -0.2) is 28.0 Å². The molecule has 1 heterocycles.